The van der Waals surface area contributed by atoms with Crippen LogP contribution in [0, 0.1) is 5.92 Å². The van der Waals surface area contributed by atoms with Crippen LogP contribution in [0.25, 0.3) is 0 Å². The van der Waals surface area contributed by atoms with E-state index in [2.05, 4.69) is 23.8 Å². The summed E-state index contributed by atoms with van der Waals surface area (Å²) >= 11 is 0. The molecule has 2 aromatic rings. The van der Waals surface area contributed by atoms with E-state index in [-0.39, 0.29) is 25.0 Å². The Kier molecular flexibility index (Phi) is 15.3. The lowest BCUT2D eigenvalue weighted by Gasteiger charge is -2.25. The minimum atomic E-state index is -1.34. The maximum Gasteiger partial charge on any atom is 0.306 e. The summed E-state index contributed by atoms with van der Waals surface area (Å²) in [6, 6.07) is 0. The van der Waals surface area contributed by atoms with Gasteiger partial charge in [-0.2, -0.15) is 0 Å². The number of hydrogen-bond donors (Lipinski definition) is 3. The molecule has 0 unspecified atom stereocenters. The molecule has 0 aromatic carbocycles. The van der Waals surface area contributed by atoms with Crippen molar-refractivity contribution < 1.29 is 33.7 Å². The smallest absolute Gasteiger partial charge is 0.306 e. The zero-order valence-electron chi connectivity index (χ0n) is 23.4. The van der Waals surface area contributed by atoms with Gasteiger partial charge in [-0.15, -0.1) is 0 Å². The summed E-state index contributed by atoms with van der Waals surface area (Å²) in [6.45, 7) is 6.09. The molecule has 2 heterocycles. The molecule has 0 aliphatic rings. The Hall–Kier alpha value is -2.23. The van der Waals surface area contributed by atoms with Gasteiger partial charge in [0.15, 0.2) is 12.2 Å². The number of aliphatic hydroxyl groups is 3. The quantitative estimate of drug-likeness (QED) is 0.136. The number of carbonyl (C=O) groups excluding carboxylic acids is 1. The number of aliphatic hydroxyl groups excluding tert-OH is 3. The number of hydrogen-bond acceptors (Lipinski definition) is 9. The number of oxazole rings is 2. The standard InChI is InChI=1S/C29H48N2O7/c1-21(2)14-12-10-8-6-4-5-7-9-11-13-15-28(34)37-22(3)29(35)25(33)17-24(32)26-19-31-27(38-26)16-23-18-30-20-36-23/h18-22,24-25,29,32-33,35H,4-17H2,1-3H3/t22-,24+,25-,29+/m0/s1. The van der Waals surface area contributed by atoms with Gasteiger partial charge in [0.25, 0.3) is 0 Å². The highest BCUT2D eigenvalue weighted by atomic mass is 16.6. The van der Waals surface area contributed by atoms with Gasteiger partial charge in [-0.05, 0) is 19.3 Å². The van der Waals surface area contributed by atoms with Gasteiger partial charge in [-0.25, -0.2) is 9.97 Å². The first-order valence-corrected chi connectivity index (χ1v) is 14.3. The predicted octanol–water partition coefficient (Wildman–Crippen LogP) is 5.67. The van der Waals surface area contributed by atoms with Gasteiger partial charge in [0, 0.05) is 12.8 Å². The first-order valence-electron chi connectivity index (χ1n) is 14.3. The van der Waals surface area contributed by atoms with E-state index < -0.39 is 30.4 Å². The highest BCUT2D eigenvalue weighted by molar-refractivity contribution is 5.69. The zero-order valence-corrected chi connectivity index (χ0v) is 23.4. The van der Waals surface area contributed by atoms with E-state index in [1.54, 1.807) is 6.20 Å². The summed E-state index contributed by atoms with van der Waals surface area (Å²) in [5.41, 5.74) is 0. The van der Waals surface area contributed by atoms with Crippen LogP contribution in [0.5, 0.6) is 0 Å². The Balaban J connectivity index is 1.53. The SMILES string of the molecule is CC(C)CCCCCCCCCCCCC(=O)O[C@@H](C)[C@@H](O)[C@@H](O)C[C@@H](O)c1cnc(Cc2cnco2)o1. The number of rotatable bonds is 21. The van der Waals surface area contributed by atoms with Crippen LogP contribution in [0.2, 0.25) is 0 Å². The van der Waals surface area contributed by atoms with Crippen LogP contribution < -0.4 is 0 Å². The fourth-order valence-electron chi connectivity index (χ4n) is 4.41. The number of carbonyl (C=O) groups is 1. The summed E-state index contributed by atoms with van der Waals surface area (Å²) in [5.74, 6) is 1.48. The number of aromatic nitrogens is 2. The van der Waals surface area contributed by atoms with Crippen molar-refractivity contribution in [2.24, 2.45) is 5.92 Å². The fraction of sp³-hybridized carbons (Fsp3) is 0.759. The lowest BCUT2D eigenvalue weighted by molar-refractivity contribution is -0.159. The van der Waals surface area contributed by atoms with Gasteiger partial charge < -0.3 is 28.9 Å². The van der Waals surface area contributed by atoms with Gasteiger partial charge in [-0.3, -0.25) is 4.79 Å². The summed E-state index contributed by atoms with van der Waals surface area (Å²) in [5, 5.41) is 31.1. The zero-order chi connectivity index (χ0) is 27.8. The Morgan fingerprint density at radius 1 is 0.921 bits per heavy atom. The second kappa shape index (κ2) is 18.1. The van der Waals surface area contributed by atoms with Crippen LogP contribution in [-0.2, 0) is 16.0 Å². The maximum absolute atomic E-state index is 12.2. The van der Waals surface area contributed by atoms with Crippen molar-refractivity contribution >= 4 is 5.97 Å². The largest absolute Gasteiger partial charge is 0.460 e. The minimum absolute atomic E-state index is 0.164. The molecule has 0 amide bonds. The molecule has 38 heavy (non-hydrogen) atoms. The molecule has 9 heteroatoms. The summed E-state index contributed by atoms with van der Waals surface area (Å²) in [7, 11) is 0. The Labute approximate surface area is 227 Å². The minimum Gasteiger partial charge on any atom is -0.460 e. The van der Waals surface area contributed by atoms with Crippen molar-refractivity contribution in [3.8, 4) is 0 Å². The number of nitrogens with zero attached hydrogens (tertiary/aromatic N) is 2. The number of ether oxygens (including phenoxy) is 1. The Morgan fingerprint density at radius 3 is 2.16 bits per heavy atom. The Bertz CT molecular complexity index is 868. The van der Waals surface area contributed by atoms with E-state index in [0.29, 0.717) is 11.7 Å². The normalized spacial score (nSPS) is 14.9. The van der Waals surface area contributed by atoms with E-state index >= 15 is 0 Å². The average Bonchev–Trinajstić information content (AvgIpc) is 3.56. The highest BCUT2D eigenvalue weighted by Gasteiger charge is 2.29. The van der Waals surface area contributed by atoms with Crippen molar-refractivity contribution in [2.45, 2.75) is 135 Å². The second-order valence-electron chi connectivity index (χ2n) is 10.8. The molecule has 0 aliphatic carbocycles. The summed E-state index contributed by atoms with van der Waals surface area (Å²) in [4.78, 5) is 20.1. The van der Waals surface area contributed by atoms with Crippen molar-refractivity contribution in [1.29, 1.82) is 0 Å². The molecule has 0 aliphatic heterocycles. The third-order valence-electron chi connectivity index (χ3n) is 6.78. The maximum atomic E-state index is 12.2. The third kappa shape index (κ3) is 13.0. The van der Waals surface area contributed by atoms with E-state index in [1.165, 1.54) is 70.9 Å². The third-order valence-corrected chi connectivity index (χ3v) is 6.78. The Morgan fingerprint density at radius 2 is 1.55 bits per heavy atom. The van der Waals surface area contributed by atoms with Crippen molar-refractivity contribution in [1.82, 2.24) is 9.97 Å². The second-order valence-corrected chi connectivity index (χ2v) is 10.8. The predicted molar refractivity (Wildman–Crippen MR) is 143 cm³/mol. The average molecular weight is 537 g/mol. The lowest BCUT2D eigenvalue weighted by atomic mass is 10.0. The molecule has 4 atom stereocenters. The van der Waals surface area contributed by atoms with E-state index in [0.717, 1.165) is 25.2 Å². The molecule has 0 radical (unpaired) electrons. The monoisotopic (exact) mass is 536 g/mol. The molecule has 3 N–H and O–H groups in total. The molecule has 0 fully saturated rings. The molecular weight excluding hydrogens is 488 g/mol. The van der Waals surface area contributed by atoms with Gasteiger partial charge in [0.05, 0.1) is 24.9 Å². The van der Waals surface area contributed by atoms with Crippen molar-refractivity contribution in [2.75, 3.05) is 0 Å². The first kappa shape index (κ1) is 32.0. The molecule has 0 saturated carbocycles. The molecule has 2 rings (SSSR count). The van der Waals surface area contributed by atoms with E-state index in [1.807, 2.05) is 0 Å². The summed E-state index contributed by atoms with van der Waals surface area (Å²) < 4.78 is 16.0. The summed E-state index contributed by atoms with van der Waals surface area (Å²) in [6.07, 6.45) is 13.1. The van der Waals surface area contributed by atoms with Crippen LogP contribution in [0.15, 0.2) is 27.6 Å². The van der Waals surface area contributed by atoms with Crippen LogP contribution in [-0.4, -0.2) is 49.6 Å². The first-order chi connectivity index (χ1) is 18.3. The van der Waals surface area contributed by atoms with Gasteiger partial charge in [0.1, 0.15) is 24.1 Å². The van der Waals surface area contributed by atoms with Crippen LogP contribution in [0.4, 0.5) is 0 Å². The number of esters is 1. The van der Waals surface area contributed by atoms with Gasteiger partial charge in [-0.1, -0.05) is 78.1 Å². The fourth-order valence-corrected chi connectivity index (χ4v) is 4.41. The molecule has 0 saturated heterocycles. The molecular formula is C29H48N2O7. The van der Waals surface area contributed by atoms with Crippen molar-refractivity contribution in [3.63, 3.8) is 0 Å². The van der Waals surface area contributed by atoms with E-state index in [4.69, 9.17) is 13.6 Å². The van der Waals surface area contributed by atoms with Crippen molar-refractivity contribution in [3.05, 3.63) is 36.2 Å². The highest BCUT2D eigenvalue weighted by Crippen LogP contribution is 2.23. The molecule has 0 bridgehead atoms. The topological polar surface area (TPSA) is 139 Å². The van der Waals surface area contributed by atoms with Crippen LogP contribution in [0.1, 0.15) is 128 Å². The van der Waals surface area contributed by atoms with Crippen LogP contribution in [0.3, 0.4) is 0 Å². The molecule has 0 spiro atoms. The van der Waals surface area contributed by atoms with Gasteiger partial charge in [0.2, 0.25) is 5.89 Å². The number of unbranched alkanes of at least 4 members (excludes halogenated alkanes) is 9. The van der Waals surface area contributed by atoms with E-state index in [9.17, 15) is 20.1 Å². The van der Waals surface area contributed by atoms with Crippen LogP contribution >= 0.6 is 0 Å². The lowest BCUT2D eigenvalue weighted by Crippen LogP contribution is -2.39. The molecule has 216 valence electrons. The molecule has 2 aromatic heterocycles. The van der Waals surface area contributed by atoms with Gasteiger partial charge >= 0.3 is 5.97 Å². The molecule has 9 nitrogen and oxygen atoms in total.